The zero-order chi connectivity index (χ0) is 22.3. The lowest BCUT2D eigenvalue weighted by atomic mass is 9.96. The molecule has 1 aliphatic carbocycles. The van der Waals surface area contributed by atoms with Crippen molar-refractivity contribution in [3.63, 3.8) is 0 Å². The average Bonchev–Trinajstić information content (AvgIpc) is 2.80. The Morgan fingerprint density at radius 1 is 1.23 bits per heavy atom. The summed E-state index contributed by atoms with van der Waals surface area (Å²) in [5, 5.41) is 3.03. The van der Waals surface area contributed by atoms with Crippen molar-refractivity contribution in [2.24, 2.45) is 5.92 Å². The van der Waals surface area contributed by atoms with Crippen LogP contribution in [0, 0.1) is 5.92 Å². The first-order valence-corrected chi connectivity index (χ1v) is 12.7. The van der Waals surface area contributed by atoms with Gasteiger partial charge in [-0.1, -0.05) is 11.6 Å². The molecular formula is C23H35N3O4S. The molecule has 0 saturated carbocycles. The molecule has 0 radical (unpaired) electrons. The molecule has 7 nitrogen and oxygen atoms in total. The standard InChI is InChI=1S/C23H35N3O4S/c1-3-26(21-11-13-22(30-2)14-12-21)31(28,29)25-17-7-10-20(18-25)23(27)24-16-15-19-8-5-4-6-9-19/h8,11-14,20H,3-7,9-10,15-18H2,1-2H3,(H,24,27)/t20-/m1/s1. The maximum atomic E-state index is 13.3. The van der Waals surface area contributed by atoms with Crippen molar-refractivity contribution in [2.45, 2.75) is 51.9 Å². The van der Waals surface area contributed by atoms with Crippen molar-refractivity contribution in [3.05, 3.63) is 35.9 Å². The fraction of sp³-hybridized carbons (Fsp3) is 0.609. The van der Waals surface area contributed by atoms with Gasteiger partial charge in [-0.15, -0.1) is 0 Å². The first kappa shape index (κ1) is 23.6. The number of ether oxygens (including phenoxy) is 1. The highest BCUT2D eigenvalue weighted by Crippen LogP contribution is 2.27. The van der Waals surface area contributed by atoms with Crippen molar-refractivity contribution in [2.75, 3.05) is 37.6 Å². The van der Waals surface area contributed by atoms with Gasteiger partial charge in [-0.05, 0) is 76.1 Å². The molecule has 8 heteroatoms. The van der Waals surface area contributed by atoms with Gasteiger partial charge in [0.15, 0.2) is 0 Å². The number of anilines is 1. The van der Waals surface area contributed by atoms with Crippen LogP contribution in [0.4, 0.5) is 5.69 Å². The molecule has 1 saturated heterocycles. The van der Waals surface area contributed by atoms with E-state index in [2.05, 4.69) is 11.4 Å². The monoisotopic (exact) mass is 449 g/mol. The van der Waals surface area contributed by atoms with E-state index in [0.29, 0.717) is 37.5 Å². The second-order valence-electron chi connectivity index (χ2n) is 8.22. The van der Waals surface area contributed by atoms with Gasteiger partial charge in [0.1, 0.15) is 5.75 Å². The van der Waals surface area contributed by atoms with Crippen LogP contribution in [0.3, 0.4) is 0 Å². The molecule has 1 amide bonds. The van der Waals surface area contributed by atoms with Crippen LogP contribution < -0.4 is 14.4 Å². The summed E-state index contributed by atoms with van der Waals surface area (Å²) in [6, 6.07) is 6.99. The summed E-state index contributed by atoms with van der Waals surface area (Å²) in [7, 11) is -2.14. The zero-order valence-electron chi connectivity index (χ0n) is 18.7. The highest BCUT2D eigenvalue weighted by atomic mass is 32.2. The number of carbonyl (C=O) groups excluding carboxylic acids is 1. The summed E-state index contributed by atoms with van der Waals surface area (Å²) < 4.78 is 34.7. The van der Waals surface area contributed by atoms with Crippen LogP contribution in [0.15, 0.2) is 35.9 Å². The average molecular weight is 450 g/mol. The summed E-state index contributed by atoms with van der Waals surface area (Å²) in [6.45, 7) is 3.42. The van der Waals surface area contributed by atoms with Crippen molar-refractivity contribution >= 4 is 21.8 Å². The third-order valence-corrected chi connectivity index (χ3v) is 8.15. The molecular weight excluding hydrogens is 414 g/mol. The number of piperidine rings is 1. The third kappa shape index (κ3) is 6.01. The normalized spacial score (nSPS) is 20.1. The SMILES string of the molecule is CCN(c1ccc(OC)cc1)S(=O)(=O)N1CCC[C@@H](C(=O)NCCC2=CCCCC2)C1. The molecule has 31 heavy (non-hydrogen) atoms. The molecule has 1 fully saturated rings. The number of nitrogens with zero attached hydrogens (tertiary/aromatic N) is 2. The molecule has 1 heterocycles. The molecule has 1 aliphatic heterocycles. The van der Waals surface area contributed by atoms with Gasteiger partial charge < -0.3 is 10.1 Å². The van der Waals surface area contributed by atoms with Crippen LogP contribution in [0.25, 0.3) is 0 Å². The number of nitrogens with one attached hydrogen (secondary N) is 1. The van der Waals surface area contributed by atoms with Crippen LogP contribution >= 0.6 is 0 Å². The molecule has 1 aromatic rings. The predicted molar refractivity (Wildman–Crippen MR) is 123 cm³/mol. The molecule has 0 bridgehead atoms. The second kappa shape index (κ2) is 11.0. The van der Waals surface area contributed by atoms with Crippen LogP contribution in [0.2, 0.25) is 0 Å². The van der Waals surface area contributed by atoms with Crippen LogP contribution in [0.5, 0.6) is 5.75 Å². The molecule has 172 valence electrons. The number of amides is 1. The summed E-state index contributed by atoms with van der Waals surface area (Å²) in [6.07, 6.45) is 9.34. The quantitative estimate of drug-likeness (QED) is 0.586. The van der Waals surface area contributed by atoms with E-state index in [4.69, 9.17) is 4.74 Å². The molecule has 0 unspecified atom stereocenters. The van der Waals surface area contributed by atoms with E-state index in [1.807, 2.05) is 6.92 Å². The smallest absolute Gasteiger partial charge is 0.304 e. The van der Waals surface area contributed by atoms with Crippen molar-refractivity contribution in [3.8, 4) is 5.75 Å². The Kier molecular flexibility index (Phi) is 8.37. The number of benzene rings is 1. The zero-order valence-corrected chi connectivity index (χ0v) is 19.5. The van der Waals surface area contributed by atoms with Crippen molar-refractivity contribution < 1.29 is 17.9 Å². The Morgan fingerprint density at radius 3 is 2.65 bits per heavy atom. The minimum absolute atomic E-state index is 0.0381. The Morgan fingerprint density at radius 2 is 2.00 bits per heavy atom. The van der Waals surface area contributed by atoms with Crippen molar-refractivity contribution in [1.82, 2.24) is 9.62 Å². The highest BCUT2D eigenvalue weighted by molar-refractivity contribution is 7.90. The van der Waals surface area contributed by atoms with E-state index >= 15 is 0 Å². The molecule has 1 N–H and O–H groups in total. The number of methoxy groups -OCH3 is 1. The Balaban J connectivity index is 1.60. The molecule has 0 spiro atoms. The minimum atomic E-state index is -3.71. The van der Waals surface area contributed by atoms with Gasteiger partial charge in [0.2, 0.25) is 5.91 Å². The van der Waals surface area contributed by atoms with Gasteiger partial charge in [0.05, 0.1) is 18.7 Å². The molecule has 1 aromatic carbocycles. The van der Waals surface area contributed by atoms with Gasteiger partial charge in [-0.25, -0.2) is 0 Å². The fourth-order valence-electron chi connectivity index (χ4n) is 4.36. The van der Waals surface area contributed by atoms with E-state index in [0.717, 1.165) is 25.7 Å². The summed E-state index contributed by atoms with van der Waals surface area (Å²) in [5.74, 6) is 0.332. The molecule has 2 aliphatic rings. The minimum Gasteiger partial charge on any atom is -0.497 e. The largest absolute Gasteiger partial charge is 0.497 e. The Hall–Kier alpha value is -2.06. The number of rotatable bonds is 9. The van der Waals surface area contributed by atoms with E-state index < -0.39 is 10.2 Å². The van der Waals surface area contributed by atoms with Gasteiger partial charge in [-0.2, -0.15) is 12.7 Å². The van der Waals surface area contributed by atoms with Gasteiger partial charge in [-0.3, -0.25) is 9.10 Å². The highest BCUT2D eigenvalue weighted by Gasteiger charge is 2.35. The van der Waals surface area contributed by atoms with Crippen LogP contribution in [-0.2, 0) is 15.0 Å². The maximum absolute atomic E-state index is 13.3. The van der Waals surface area contributed by atoms with Gasteiger partial charge in [0.25, 0.3) is 0 Å². The van der Waals surface area contributed by atoms with Crippen LogP contribution in [-0.4, -0.2) is 51.9 Å². The fourth-order valence-corrected chi connectivity index (χ4v) is 6.08. The van der Waals surface area contributed by atoms with Crippen LogP contribution in [0.1, 0.15) is 51.9 Å². The molecule has 3 rings (SSSR count). The predicted octanol–water partition coefficient (Wildman–Crippen LogP) is 3.49. The van der Waals surface area contributed by atoms with Crippen molar-refractivity contribution in [1.29, 1.82) is 0 Å². The maximum Gasteiger partial charge on any atom is 0.304 e. The lowest BCUT2D eigenvalue weighted by molar-refractivity contribution is -0.126. The summed E-state index contributed by atoms with van der Waals surface area (Å²) in [5.41, 5.74) is 2.02. The van der Waals surface area contributed by atoms with E-state index in [-0.39, 0.29) is 18.4 Å². The number of hydrogen-bond acceptors (Lipinski definition) is 4. The van der Waals surface area contributed by atoms with Gasteiger partial charge >= 0.3 is 10.2 Å². The van der Waals surface area contributed by atoms with E-state index in [1.54, 1.807) is 31.4 Å². The second-order valence-corrected chi connectivity index (χ2v) is 10.1. The molecule has 1 atom stereocenters. The Bertz CT molecular complexity index is 867. The lowest BCUT2D eigenvalue weighted by Gasteiger charge is -2.35. The lowest BCUT2D eigenvalue weighted by Crippen LogP contribution is -2.50. The first-order chi connectivity index (χ1) is 15.0. The third-order valence-electron chi connectivity index (χ3n) is 6.14. The number of hydrogen-bond donors (Lipinski definition) is 1. The Labute approximate surface area is 186 Å². The number of allylic oxidation sites excluding steroid dienone is 1. The van der Waals surface area contributed by atoms with Gasteiger partial charge in [0, 0.05) is 26.2 Å². The molecule has 0 aromatic heterocycles. The summed E-state index contributed by atoms with van der Waals surface area (Å²) in [4.78, 5) is 12.7. The van der Waals surface area contributed by atoms with E-state index in [1.165, 1.54) is 27.0 Å². The number of carbonyl (C=O) groups is 1. The van der Waals surface area contributed by atoms with E-state index in [9.17, 15) is 13.2 Å². The first-order valence-electron chi connectivity index (χ1n) is 11.3. The topological polar surface area (TPSA) is 79.0 Å². The summed E-state index contributed by atoms with van der Waals surface area (Å²) >= 11 is 0.